The number of aromatic hydroxyl groups is 1. The Hall–Kier alpha value is -0.770. The maximum Gasteiger partial charge on any atom is 0.120 e. The van der Waals surface area contributed by atoms with E-state index in [-0.39, 0.29) is 0 Å². The summed E-state index contributed by atoms with van der Waals surface area (Å²) in [5.74, 6) is 0.336. The van der Waals surface area contributed by atoms with Crippen LogP contribution in [0.25, 0.3) is 0 Å². The van der Waals surface area contributed by atoms with Crippen LogP contribution >= 0.6 is 11.6 Å². The quantitative estimate of drug-likeness (QED) is 0.846. The van der Waals surface area contributed by atoms with Crippen LogP contribution in [-0.4, -0.2) is 35.7 Å². The molecule has 1 aromatic carbocycles. The highest BCUT2D eigenvalue weighted by molar-refractivity contribution is 6.30. The van der Waals surface area contributed by atoms with Gasteiger partial charge in [0.2, 0.25) is 0 Å². The fraction of sp³-hybridized carbons (Fsp3) is 0.538. The Morgan fingerprint density at radius 1 is 1.47 bits per heavy atom. The molecule has 0 spiro atoms. The van der Waals surface area contributed by atoms with Gasteiger partial charge in [-0.3, -0.25) is 4.90 Å². The van der Waals surface area contributed by atoms with Crippen molar-refractivity contribution in [1.29, 1.82) is 0 Å². The fourth-order valence-corrected chi connectivity index (χ4v) is 2.30. The van der Waals surface area contributed by atoms with Gasteiger partial charge < -0.3 is 10.4 Å². The first-order chi connectivity index (χ1) is 8.20. The fourth-order valence-electron chi connectivity index (χ4n) is 2.11. The van der Waals surface area contributed by atoms with Crippen LogP contribution in [0.2, 0.25) is 5.02 Å². The van der Waals surface area contributed by atoms with Crippen LogP contribution in [0.15, 0.2) is 18.2 Å². The smallest absolute Gasteiger partial charge is 0.120 e. The lowest BCUT2D eigenvalue weighted by Crippen LogP contribution is -2.56. The Kier molecular flexibility index (Phi) is 4.26. The minimum Gasteiger partial charge on any atom is -0.508 e. The first-order valence-electron chi connectivity index (χ1n) is 6.13. The summed E-state index contributed by atoms with van der Waals surface area (Å²) < 4.78 is 0. The molecule has 0 radical (unpaired) electrons. The van der Waals surface area contributed by atoms with Crippen molar-refractivity contribution < 1.29 is 5.11 Å². The molecule has 1 aromatic rings. The van der Waals surface area contributed by atoms with Crippen molar-refractivity contribution in [2.24, 2.45) is 0 Å². The van der Waals surface area contributed by atoms with Gasteiger partial charge in [0, 0.05) is 36.3 Å². The Balaban J connectivity index is 2.07. The van der Waals surface area contributed by atoms with Gasteiger partial charge in [0.25, 0.3) is 0 Å². The lowest BCUT2D eigenvalue weighted by atomic mass is 10.1. The number of hydrogen-bond acceptors (Lipinski definition) is 3. The average molecular weight is 255 g/mol. The minimum absolute atomic E-state index is 0.336. The molecule has 1 aliphatic heterocycles. The molecule has 3 nitrogen and oxygen atoms in total. The van der Waals surface area contributed by atoms with E-state index in [4.69, 9.17) is 11.6 Å². The summed E-state index contributed by atoms with van der Waals surface area (Å²) in [6.45, 7) is 6.09. The summed E-state index contributed by atoms with van der Waals surface area (Å²) in [4.78, 5) is 2.40. The van der Waals surface area contributed by atoms with Crippen molar-refractivity contribution in [2.45, 2.75) is 25.9 Å². The molecular formula is C13H19ClN2O. The number of benzene rings is 1. The molecule has 0 aliphatic carbocycles. The lowest BCUT2D eigenvalue weighted by molar-refractivity contribution is 0.136. The maximum atomic E-state index is 9.82. The molecule has 0 aromatic heterocycles. The molecule has 4 heteroatoms. The van der Waals surface area contributed by atoms with E-state index >= 15 is 0 Å². The van der Waals surface area contributed by atoms with Crippen LogP contribution < -0.4 is 5.32 Å². The number of rotatable bonds is 5. The van der Waals surface area contributed by atoms with Gasteiger partial charge in [0.05, 0.1) is 0 Å². The van der Waals surface area contributed by atoms with Crippen LogP contribution in [0.4, 0.5) is 0 Å². The second-order valence-electron chi connectivity index (χ2n) is 4.56. The Morgan fingerprint density at radius 3 is 2.82 bits per heavy atom. The molecule has 0 amide bonds. The van der Waals surface area contributed by atoms with E-state index in [9.17, 15) is 5.11 Å². The van der Waals surface area contributed by atoms with E-state index in [2.05, 4.69) is 17.1 Å². The van der Waals surface area contributed by atoms with Gasteiger partial charge in [-0.15, -0.1) is 0 Å². The lowest BCUT2D eigenvalue weighted by Gasteiger charge is -2.38. The highest BCUT2D eigenvalue weighted by Crippen LogP contribution is 2.24. The normalized spacial score (nSPS) is 16.2. The molecule has 0 unspecified atom stereocenters. The van der Waals surface area contributed by atoms with Crippen molar-refractivity contribution in [3.05, 3.63) is 28.8 Å². The summed E-state index contributed by atoms with van der Waals surface area (Å²) in [6.07, 6.45) is 1.12. The zero-order valence-corrected chi connectivity index (χ0v) is 10.9. The Bertz CT molecular complexity index is 380. The molecule has 1 saturated heterocycles. The van der Waals surface area contributed by atoms with E-state index in [1.165, 1.54) is 0 Å². The highest BCUT2D eigenvalue weighted by atomic mass is 35.5. The van der Waals surface area contributed by atoms with Crippen molar-refractivity contribution in [3.8, 4) is 5.75 Å². The summed E-state index contributed by atoms with van der Waals surface area (Å²) >= 11 is 5.96. The molecule has 17 heavy (non-hydrogen) atoms. The standard InChI is InChI=1S/C13H19ClN2O/c1-2-5-16(12-7-15-8-12)9-10-6-11(14)3-4-13(10)17/h3-4,6,12,15,17H,2,5,7-9H2,1H3. The molecule has 94 valence electrons. The zero-order chi connectivity index (χ0) is 12.3. The van der Waals surface area contributed by atoms with Crippen LogP contribution in [0.5, 0.6) is 5.75 Å². The number of phenols is 1. The van der Waals surface area contributed by atoms with Crippen molar-refractivity contribution in [2.75, 3.05) is 19.6 Å². The number of phenolic OH excluding ortho intramolecular Hbond substituents is 1. The minimum atomic E-state index is 0.336. The molecule has 1 heterocycles. The van der Waals surface area contributed by atoms with E-state index in [1.54, 1.807) is 12.1 Å². The first-order valence-corrected chi connectivity index (χ1v) is 6.50. The summed E-state index contributed by atoms with van der Waals surface area (Å²) in [7, 11) is 0. The second kappa shape index (κ2) is 5.71. The third kappa shape index (κ3) is 3.12. The molecular weight excluding hydrogens is 236 g/mol. The van der Waals surface area contributed by atoms with Gasteiger partial charge in [0.15, 0.2) is 0 Å². The third-order valence-electron chi connectivity index (χ3n) is 3.20. The summed E-state index contributed by atoms with van der Waals surface area (Å²) in [6, 6.07) is 5.83. The summed E-state index contributed by atoms with van der Waals surface area (Å²) in [5.41, 5.74) is 0.915. The maximum absolute atomic E-state index is 9.82. The van der Waals surface area contributed by atoms with Crippen LogP contribution in [-0.2, 0) is 6.54 Å². The largest absolute Gasteiger partial charge is 0.508 e. The topological polar surface area (TPSA) is 35.5 Å². The number of nitrogens with zero attached hydrogens (tertiary/aromatic N) is 1. The van der Waals surface area contributed by atoms with Crippen molar-refractivity contribution in [3.63, 3.8) is 0 Å². The number of nitrogens with one attached hydrogen (secondary N) is 1. The Labute approximate surface area is 107 Å². The SMILES string of the molecule is CCCN(Cc1cc(Cl)ccc1O)C1CNC1. The molecule has 1 aliphatic rings. The van der Waals surface area contributed by atoms with Gasteiger partial charge in [-0.1, -0.05) is 18.5 Å². The molecule has 0 saturated carbocycles. The van der Waals surface area contributed by atoms with E-state index in [0.29, 0.717) is 16.8 Å². The molecule has 0 atom stereocenters. The van der Waals surface area contributed by atoms with E-state index < -0.39 is 0 Å². The molecule has 1 fully saturated rings. The van der Waals surface area contributed by atoms with Crippen molar-refractivity contribution in [1.82, 2.24) is 10.2 Å². The number of hydrogen-bond donors (Lipinski definition) is 2. The van der Waals surface area contributed by atoms with Crippen LogP contribution in [0.1, 0.15) is 18.9 Å². The number of halogens is 1. The molecule has 2 N–H and O–H groups in total. The molecule has 0 bridgehead atoms. The predicted octanol–water partition coefficient (Wildman–Crippen LogP) is 2.23. The third-order valence-corrected chi connectivity index (χ3v) is 3.44. The van der Waals surface area contributed by atoms with Crippen LogP contribution in [0.3, 0.4) is 0 Å². The van der Waals surface area contributed by atoms with Gasteiger partial charge in [-0.05, 0) is 31.2 Å². The van der Waals surface area contributed by atoms with Gasteiger partial charge in [0.1, 0.15) is 5.75 Å². The Morgan fingerprint density at radius 2 is 2.24 bits per heavy atom. The van der Waals surface area contributed by atoms with E-state index in [1.807, 2.05) is 6.07 Å². The van der Waals surface area contributed by atoms with Crippen LogP contribution in [0, 0.1) is 0 Å². The monoisotopic (exact) mass is 254 g/mol. The second-order valence-corrected chi connectivity index (χ2v) is 4.99. The first kappa shape index (κ1) is 12.7. The highest BCUT2D eigenvalue weighted by Gasteiger charge is 2.24. The van der Waals surface area contributed by atoms with Crippen molar-refractivity contribution >= 4 is 11.6 Å². The van der Waals surface area contributed by atoms with Gasteiger partial charge in [-0.2, -0.15) is 0 Å². The zero-order valence-electron chi connectivity index (χ0n) is 10.1. The molecule has 2 rings (SSSR count). The van der Waals surface area contributed by atoms with Gasteiger partial charge >= 0.3 is 0 Å². The average Bonchev–Trinajstić information content (AvgIpc) is 2.21. The predicted molar refractivity (Wildman–Crippen MR) is 70.5 cm³/mol. The van der Waals surface area contributed by atoms with Gasteiger partial charge in [-0.25, -0.2) is 0 Å². The van der Waals surface area contributed by atoms with E-state index in [0.717, 1.165) is 38.2 Å². The summed E-state index contributed by atoms with van der Waals surface area (Å²) in [5, 5.41) is 13.8.